The molecular weight excluding hydrogens is 445 g/mol. The highest BCUT2D eigenvalue weighted by Gasteiger charge is 2.06. The van der Waals surface area contributed by atoms with Gasteiger partial charge in [-0.2, -0.15) is 5.10 Å². The average molecular weight is 456 g/mol. The summed E-state index contributed by atoms with van der Waals surface area (Å²) in [5.41, 5.74) is 5.14. The number of fused-ring (bicyclic) bond motifs is 1. The molecule has 0 spiro atoms. The van der Waals surface area contributed by atoms with E-state index >= 15 is 0 Å². The van der Waals surface area contributed by atoms with Gasteiger partial charge in [0.25, 0.3) is 0 Å². The number of nitrogens with zero attached hydrogens (tertiary/aromatic N) is 2. The fourth-order valence-corrected chi connectivity index (χ4v) is 3.50. The van der Waals surface area contributed by atoms with Gasteiger partial charge in [-0.3, -0.25) is 10.4 Å². The molecular formula is C16H10Br2ClN3O. The van der Waals surface area contributed by atoms with E-state index in [0.717, 1.165) is 21.1 Å². The molecule has 1 aromatic heterocycles. The first kappa shape index (κ1) is 16.2. The van der Waals surface area contributed by atoms with Crippen LogP contribution in [0.5, 0.6) is 5.75 Å². The number of pyridine rings is 1. The van der Waals surface area contributed by atoms with Crippen molar-refractivity contribution >= 4 is 66.3 Å². The van der Waals surface area contributed by atoms with E-state index in [2.05, 4.69) is 47.4 Å². The minimum atomic E-state index is 0.130. The molecule has 0 fully saturated rings. The van der Waals surface area contributed by atoms with Crippen molar-refractivity contribution in [2.45, 2.75) is 0 Å². The van der Waals surface area contributed by atoms with Crippen LogP contribution in [0.1, 0.15) is 5.56 Å². The summed E-state index contributed by atoms with van der Waals surface area (Å²) in [6.45, 7) is 0. The summed E-state index contributed by atoms with van der Waals surface area (Å²) in [6.07, 6.45) is 3.23. The monoisotopic (exact) mass is 453 g/mol. The minimum Gasteiger partial charge on any atom is -0.506 e. The average Bonchev–Trinajstić information content (AvgIpc) is 2.51. The summed E-state index contributed by atoms with van der Waals surface area (Å²) in [7, 11) is 0. The molecule has 7 heteroatoms. The molecule has 4 nitrogen and oxygen atoms in total. The predicted molar refractivity (Wildman–Crippen MR) is 101 cm³/mol. The summed E-state index contributed by atoms with van der Waals surface area (Å²) in [5, 5.41) is 15.7. The Morgan fingerprint density at radius 1 is 1.17 bits per heavy atom. The smallest absolute Gasteiger partial charge is 0.138 e. The molecule has 1 heterocycles. The van der Waals surface area contributed by atoms with Gasteiger partial charge < -0.3 is 5.11 Å². The number of phenolic OH excluding ortho intramolecular Hbond substituents is 1. The molecule has 0 bridgehead atoms. The van der Waals surface area contributed by atoms with E-state index in [0.29, 0.717) is 15.1 Å². The lowest BCUT2D eigenvalue weighted by atomic mass is 10.2. The van der Waals surface area contributed by atoms with Gasteiger partial charge in [0.2, 0.25) is 0 Å². The maximum Gasteiger partial charge on any atom is 0.138 e. The van der Waals surface area contributed by atoms with Gasteiger partial charge >= 0.3 is 0 Å². The third-order valence-corrected chi connectivity index (χ3v) is 4.45. The zero-order chi connectivity index (χ0) is 16.4. The second-order valence-electron chi connectivity index (χ2n) is 4.72. The maximum absolute atomic E-state index is 10.0. The molecule has 3 rings (SSSR count). The van der Waals surface area contributed by atoms with Crippen LogP contribution >= 0.6 is 43.5 Å². The molecule has 116 valence electrons. The summed E-state index contributed by atoms with van der Waals surface area (Å²) in [4.78, 5) is 4.28. The Kier molecular flexibility index (Phi) is 4.84. The quantitative estimate of drug-likeness (QED) is 0.401. The van der Waals surface area contributed by atoms with Gasteiger partial charge in [0.15, 0.2) is 0 Å². The molecule has 0 saturated heterocycles. The van der Waals surface area contributed by atoms with Crippen molar-refractivity contribution in [3.05, 3.63) is 62.1 Å². The van der Waals surface area contributed by atoms with Crippen molar-refractivity contribution in [3.8, 4) is 5.75 Å². The Morgan fingerprint density at radius 2 is 2.00 bits per heavy atom. The van der Waals surface area contributed by atoms with Crippen molar-refractivity contribution in [1.29, 1.82) is 0 Å². The molecule has 0 aliphatic rings. The molecule has 23 heavy (non-hydrogen) atoms. The number of aromatic hydroxyl groups is 1. The van der Waals surface area contributed by atoms with Gasteiger partial charge in [-0.25, -0.2) is 0 Å². The molecule has 0 aliphatic heterocycles. The molecule has 0 unspecified atom stereocenters. The maximum atomic E-state index is 10.0. The number of halogens is 3. The van der Waals surface area contributed by atoms with Crippen molar-refractivity contribution in [3.63, 3.8) is 0 Å². The largest absolute Gasteiger partial charge is 0.506 e. The van der Waals surface area contributed by atoms with Crippen molar-refractivity contribution in [2.75, 3.05) is 5.43 Å². The van der Waals surface area contributed by atoms with Gasteiger partial charge in [-0.1, -0.05) is 27.5 Å². The number of aromatic nitrogens is 1. The number of phenols is 1. The Hall–Kier alpha value is -1.63. The van der Waals surface area contributed by atoms with E-state index < -0.39 is 0 Å². The van der Waals surface area contributed by atoms with Crippen LogP contribution in [0, 0.1) is 0 Å². The van der Waals surface area contributed by atoms with Gasteiger partial charge in [0.05, 0.1) is 21.9 Å². The Bertz CT molecular complexity index is 915. The number of anilines is 1. The highest BCUT2D eigenvalue weighted by molar-refractivity contribution is 9.11. The standard InChI is InChI=1S/C16H10Br2ClN3O/c17-10-5-9(16(23)13(18)6-10)8-21-22-14-3-4-20-15-7-11(19)1-2-12(14)15/h1-8,23H,(H,20,22). The lowest BCUT2D eigenvalue weighted by Crippen LogP contribution is -1.93. The van der Waals surface area contributed by atoms with Gasteiger partial charge in [0, 0.05) is 26.6 Å². The van der Waals surface area contributed by atoms with Crippen LogP contribution in [0.3, 0.4) is 0 Å². The Labute approximate surface area is 154 Å². The molecule has 2 N–H and O–H groups in total. The molecule has 3 aromatic rings. The van der Waals surface area contributed by atoms with Crippen LogP contribution in [-0.4, -0.2) is 16.3 Å². The molecule has 0 aliphatic carbocycles. The summed E-state index contributed by atoms with van der Waals surface area (Å²) < 4.78 is 1.44. The predicted octanol–water partition coefficient (Wildman–Crippen LogP) is 5.56. The fourth-order valence-electron chi connectivity index (χ4n) is 2.07. The number of hydrogen-bond donors (Lipinski definition) is 2. The van der Waals surface area contributed by atoms with Crippen molar-refractivity contribution < 1.29 is 5.11 Å². The van der Waals surface area contributed by atoms with E-state index in [1.54, 1.807) is 36.7 Å². The molecule has 0 amide bonds. The lowest BCUT2D eigenvalue weighted by Gasteiger charge is -2.06. The van der Waals surface area contributed by atoms with Crippen LogP contribution in [-0.2, 0) is 0 Å². The van der Waals surface area contributed by atoms with Gasteiger partial charge in [-0.15, -0.1) is 0 Å². The molecule has 0 radical (unpaired) electrons. The molecule has 2 aromatic carbocycles. The van der Waals surface area contributed by atoms with Gasteiger partial charge in [-0.05, 0) is 52.3 Å². The number of hydrazone groups is 1. The Morgan fingerprint density at radius 3 is 2.83 bits per heavy atom. The van der Waals surface area contributed by atoms with Crippen molar-refractivity contribution in [1.82, 2.24) is 4.98 Å². The first-order chi connectivity index (χ1) is 11.0. The first-order valence-corrected chi connectivity index (χ1v) is 8.52. The van der Waals surface area contributed by atoms with Crippen LogP contribution in [0.15, 0.2) is 56.6 Å². The van der Waals surface area contributed by atoms with E-state index in [-0.39, 0.29) is 5.75 Å². The number of benzene rings is 2. The van der Waals surface area contributed by atoms with Crippen LogP contribution < -0.4 is 5.43 Å². The highest BCUT2D eigenvalue weighted by atomic mass is 79.9. The summed E-state index contributed by atoms with van der Waals surface area (Å²) in [5.74, 6) is 0.130. The fraction of sp³-hybridized carbons (Fsp3) is 0. The highest BCUT2D eigenvalue weighted by Crippen LogP contribution is 2.30. The van der Waals surface area contributed by atoms with E-state index in [1.165, 1.54) is 0 Å². The zero-order valence-corrected chi connectivity index (χ0v) is 15.5. The van der Waals surface area contributed by atoms with E-state index in [1.807, 2.05) is 12.1 Å². The third-order valence-electron chi connectivity index (χ3n) is 3.15. The minimum absolute atomic E-state index is 0.130. The first-order valence-electron chi connectivity index (χ1n) is 6.56. The van der Waals surface area contributed by atoms with E-state index in [9.17, 15) is 5.11 Å². The van der Waals surface area contributed by atoms with Crippen LogP contribution in [0.4, 0.5) is 5.69 Å². The number of rotatable bonds is 3. The Balaban J connectivity index is 1.89. The van der Waals surface area contributed by atoms with Crippen LogP contribution in [0.25, 0.3) is 10.9 Å². The second kappa shape index (κ2) is 6.86. The van der Waals surface area contributed by atoms with Crippen LogP contribution in [0.2, 0.25) is 5.02 Å². The van der Waals surface area contributed by atoms with E-state index in [4.69, 9.17) is 11.6 Å². The lowest BCUT2D eigenvalue weighted by molar-refractivity contribution is 0.471. The molecule has 0 atom stereocenters. The summed E-state index contributed by atoms with van der Waals surface area (Å²) >= 11 is 12.6. The van der Waals surface area contributed by atoms with Crippen molar-refractivity contribution in [2.24, 2.45) is 5.10 Å². The molecule has 0 saturated carbocycles. The number of hydrogen-bond acceptors (Lipinski definition) is 4. The third kappa shape index (κ3) is 3.65. The summed E-state index contributed by atoms with van der Waals surface area (Å²) in [6, 6.07) is 10.8. The normalized spacial score (nSPS) is 11.3. The zero-order valence-electron chi connectivity index (χ0n) is 11.6. The van der Waals surface area contributed by atoms with Gasteiger partial charge in [0.1, 0.15) is 5.75 Å². The topological polar surface area (TPSA) is 57.5 Å². The second-order valence-corrected chi connectivity index (χ2v) is 6.92. The SMILES string of the molecule is Oc1c(Br)cc(Br)cc1C=NNc1ccnc2cc(Cl)ccc12. The number of nitrogens with one attached hydrogen (secondary N) is 1.